The van der Waals surface area contributed by atoms with Crippen molar-refractivity contribution in [2.45, 2.75) is 46.5 Å². The normalized spacial score (nSPS) is 24.4. The molecule has 1 amide bonds. The number of amides is 1. The van der Waals surface area contributed by atoms with Crippen LogP contribution in [0.2, 0.25) is 0 Å². The van der Waals surface area contributed by atoms with Gasteiger partial charge in [-0.3, -0.25) is 9.59 Å². The van der Waals surface area contributed by atoms with E-state index in [0.717, 1.165) is 25.7 Å². The lowest BCUT2D eigenvalue weighted by Crippen LogP contribution is -2.37. The molecule has 1 aliphatic rings. The Morgan fingerprint density at radius 3 is 2.17 bits per heavy atom. The Labute approximate surface area is 109 Å². The summed E-state index contributed by atoms with van der Waals surface area (Å²) in [6.07, 6.45) is 4.05. The highest BCUT2D eigenvalue weighted by atomic mass is 16.5. The molecule has 0 aromatic carbocycles. The first-order valence-corrected chi connectivity index (χ1v) is 6.69. The summed E-state index contributed by atoms with van der Waals surface area (Å²) in [5.41, 5.74) is 0.327. The predicted octanol–water partition coefficient (Wildman–Crippen LogP) is 2.13. The Hall–Kier alpha value is -1.06. The third-order valence-corrected chi connectivity index (χ3v) is 3.96. The van der Waals surface area contributed by atoms with Crippen LogP contribution in [0.1, 0.15) is 46.5 Å². The first kappa shape index (κ1) is 15.0. The molecule has 1 rings (SSSR count). The molecule has 1 saturated carbocycles. The summed E-state index contributed by atoms with van der Waals surface area (Å²) >= 11 is 0. The summed E-state index contributed by atoms with van der Waals surface area (Å²) < 4.78 is 4.50. The van der Waals surface area contributed by atoms with Crippen LogP contribution in [0, 0.1) is 17.3 Å². The Balaban J connectivity index is 2.34. The molecule has 0 unspecified atom stereocenters. The second kappa shape index (κ2) is 6.21. The maximum Gasteiger partial charge on any atom is 0.325 e. The molecule has 4 heteroatoms. The summed E-state index contributed by atoms with van der Waals surface area (Å²) in [5.74, 6) is 0.356. The molecule has 0 atom stereocenters. The van der Waals surface area contributed by atoms with Crippen molar-refractivity contribution >= 4 is 11.9 Å². The number of methoxy groups -OCH3 is 1. The van der Waals surface area contributed by atoms with Gasteiger partial charge in [0, 0.05) is 5.92 Å². The van der Waals surface area contributed by atoms with Gasteiger partial charge in [-0.25, -0.2) is 0 Å². The average molecular weight is 255 g/mol. The van der Waals surface area contributed by atoms with Crippen LogP contribution in [-0.4, -0.2) is 25.5 Å². The van der Waals surface area contributed by atoms with E-state index in [1.807, 2.05) is 0 Å². The third kappa shape index (κ3) is 4.31. The fourth-order valence-electron chi connectivity index (χ4n) is 2.60. The highest BCUT2D eigenvalue weighted by Crippen LogP contribution is 2.39. The Morgan fingerprint density at radius 1 is 1.17 bits per heavy atom. The minimum Gasteiger partial charge on any atom is -0.468 e. The van der Waals surface area contributed by atoms with Gasteiger partial charge in [0.15, 0.2) is 0 Å². The molecule has 0 aliphatic heterocycles. The number of hydrogen-bond donors (Lipinski definition) is 1. The lowest BCUT2D eigenvalue weighted by Gasteiger charge is -2.36. The molecule has 1 aliphatic carbocycles. The van der Waals surface area contributed by atoms with Crippen LogP contribution in [-0.2, 0) is 14.3 Å². The molecule has 0 heterocycles. The minimum atomic E-state index is -0.397. The van der Waals surface area contributed by atoms with E-state index in [0.29, 0.717) is 11.3 Å². The molecular formula is C14H25NO3. The summed E-state index contributed by atoms with van der Waals surface area (Å²) in [5, 5.41) is 2.64. The number of ether oxygens (including phenoxy) is 1. The molecule has 0 spiro atoms. The second-order valence-electron chi connectivity index (χ2n) is 6.21. The SMILES string of the molecule is COC(=O)CNC(=O)C1CCC(C(C)(C)C)CC1. The lowest BCUT2D eigenvalue weighted by atomic mass is 9.70. The molecule has 0 aromatic heterocycles. The number of hydrogen-bond acceptors (Lipinski definition) is 3. The van der Waals surface area contributed by atoms with Crippen molar-refractivity contribution in [2.24, 2.45) is 17.3 Å². The van der Waals surface area contributed by atoms with E-state index in [1.165, 1.54) is 7.11 Å². The molecule has 1 N–H and O–H groups in total. The van der Waals surface area contributed by atoms with Crippen molar-refractivity contribution in [1.29, 1.82) is 0 Å². The number of carbonyl (C=O) groups is 2. The van der Waals surface area contributed by atoms with Crippen molar-refractivity contribution in [3.05, 3.63) is 0 Å². The molecular weight excluding hydrogens is 230 g/mol. The zero-order valence-electron chi connectivity index (χ0n) is 11.9. The highest BCUT2D eigenvalue weighted by molar-refractivity contribution is 5.83. The van der Waals surface area contributed by atoms with E-state index < -0.39 is 5.97 Å². The van der Waals surface area contributed by atoms with Crippen molar-refractivity contribution < 1.29 is 14.3 Å². The maximum atomic E-state index is 11.9. The van der Waals surface area contributed by atoms with Crippen LogP contribution in [0.25, 0.3) is 0 Å². The van der Waals surface area contributed by atoms with E-state index in [2.05, 4.69) is 30.8 Å². The van der Waals surface area contributed by atoms with E-state index >= 15 is 0 Å². The Morgan fingerprint density at radius 2 is 1.72 bits per heavy atom. The van der Waals surface area contributed by atoms with Gasteiger partial charge in [-0.05, 0) is 37.0 Å². The summed E-state index contributed by atoms with van der Waals surface area (Å²) in [6, 6.07) is 0. The molecule has 0 aromatic rings. The molecule has 18 heavy (non-hydrogen) atoms. The van der Waals surface area contributed by atoms with Crippen molar-refractivity contribution in [3.8, 4) is 0 Å². The van der Waals surface area contributed by atoms with Crippen LogP contribution in [0.4, 0.5) is 0 Å². The fraction of sp³-hybridized carbons (Fsp3) is 0.857. The summed E-state index contributed by atoms with van der Waals surface area (Å²) in [7, 11) is 1.32. The lowest BCUT2D eigenvalue weighted by molar-refractivity contribution is -0.141. The summed E-state index contributed by atoms with van der Waals surface area (Å²) in [4.78, 5) is 22.8. The molecule has 0 bridgehead atoms. The van der Waals surface area contributed by atoms with Gasteiger partial charge in [-0.1, -0.05) is 20.8 Å². The van der Waals surface area contributed by atoms with E-state index in [-0.39, 0.29) is 18.4 Å². The zero-order valence-corrected chi connectivity index (χ0v) is 11.9. The topological polar surface area (TPSA) is 55.4 Å². The number of rotatable bonds is 3. The van der Waals surface area contributed by atoms with Gasteiger partial charge >= 0.3 is 5.97 Å². The fourth-order valence-corrected chi connectivity index (χ4v) is 2.60. The average Bonchev–Trinajstić information content (AvgIpc) is 2.34. The second-order valence-corrected chi connectivity index (χ2v) is 6.21. The monoisotopic (exact) mass is 255 g/mol. The number of esters is 1. The number of carbonyl (C=O) groups excluding carboxylic acids is 2. The van der Waals surface area contributed by atoms with Crippen molar-refractivity contribution in [2.75, 3.05) is 13.7 Å². The molecule has 0 radical (unpaired) electrons. The third-order valence-electron chi connectivity index (χ3n) is 3.96. The molecule has 0 saturated heterocycles. The van der Waals surface area contributed by atoms with Gasteiger partial charge in [0.1, 0.15) is 6.54 Å². The highest BCUT2D eigenvalue weighted by Gasteiger charge is 2.32. The van der Waals surface area contributed by atoms with Gasteiger partial charge in [0.05, 0.1) is 7.11 Å². The van der Waals surface area contributed by atoms with Crippen LogP contribution in [0.15, 0.2) is 0 Å². The standard InChI is InChI=1S/C14H25NO3/c1-14(2,3)11-7-5-10(6-8-11)13(17)15-9-12(16)18-4/h10-11H,5-9H2,1-4H3,(H,15,17). The molecule has 1 fully saturated rings. The van der Waals surface area contributed by atoms with E-state index in [4.69, 9.17) is 0 Å². The van der Waals surface area contributed by atoms with Crippen molar-refractivity contribution in [3.63, 3.8) is 0 Å². The first-order valence-electron chi connectivity index (χ1n) is 6.69. The van der Waals surface area contributed by atoms with Crippen LogP contribution in [0.5, 0.6) is 0 Å². The molecule has 104 valence electrons. The van der Waals surface area contributed by atoms with Gasteiger partial charge in [0.2, 0.25) is 5.91 Å². The van der Waals surface area contributed by atoms with Crippen molar-refractivity contribution in [1.82, 2.24) is 5.32 Å². The summed E-state index contributed by atoms with van der Waals surface area (Å²) in [6.45, 7) is 6.76. The minimum absolute atomic E-state index is 0.00670. The van der Waals surface area contributed by atoms with Crippen LogP contribution >= 0.6 is 0 Å². The largest absolute Gasteiger partial charge is 0.468 e. The molecule has 4 nitrogen and oxygen atoms in total. The smallest absolute Gasteiger partial charge is 0.325 e. The number of nitrogens with one attached hydrogen (secondary N) is 1. The van der Waals surface area contributed by atoms with Gasteiger partial charge in [-0.15, -0.1) is 0 Å². The maximum absolute atomic E-state index is 11.9. The van der Waals surface area contributed by atoms with E-state index in [1.54, 1.807) is 0 Å². The zero-order chi connectivity index (χ0) is 13.8. The van der Waals surface area contributed by atoms with E-state index in [9.17, 15) is 9.59 Å². The van der Waals surface area contributed by atoms with Gasteiger partial charge in [-0.2, -0.15) is 0 Å². The first-order chi connectivity index (χ1) is 8.34. The quantitative estimate of drug-likeness (QED) is 0.786. The predicted molar refractivity (Wildman–Crippen MR) is 69.9 cm³/mol. The van der Waals surface area contributed by atoms with Gasteiger partial charge in [0.25, 0.3) is 0 Å². The van der Waals surface area contributed by atoms with Gasteiger partial charge < -0.3 is 10.1 Å². The Bertz CT molecular complexity index is 299. The van der Waals surface area contributed by atoms with Crippen LogP contribution in [0.3, 0.4) is 0 Å². The Kier molecular flexibility index (Phi) is 5.17. The van der Waals surface area contributed by atoms with Crippen LogP contribution < -0.4 is 5.32 Å².